The van der Waals surface area contributed by atoms with E-state index in [9.17, 15) is 0 Å². The normalized spacial score (nSPS) is 14.6. The number of H-pyrrole nitrogens is 1. The molecule has 0 unspecified atom stereocenters. The Morgan fingerprint density at radius 2 is 1.85 bits per heavy atom. The van der Waals surface area contributed by atoms with Gasteiger partial charge in [-0.25, -0.2) is 9.97 Å². The summed E-state index contributed by atoms with van der Waals surface area (Å²) in [5, 5.41) is 4.42. The van der Waals surface area contributed by atoms with E-state index in [-0.39, 0.29) is 6.04 Å². The molecule has 33 heavy (non-hydrogen) atoms. The van der Waals surface area contributed by atoms with E-state index in [1.54, 1.807) is 6.33 Å². The number of ether oxygens (including phenoxy) is 2. The number of aromatic amines is 1. The predicted octanol–water partition coefficient (Wildman–Crippen LogP) is 5.07. The molecule has 0 atom stereocenters. The van der Waals surface area contributed by atoms with Crippen molar-refractivity contribution < 1.29 is 9.47 Å². The van der Waals surface area contributed by atoms with E-state index in [1.807, 2.05) is 30.5 Å². The molecule has 1 fully saturated rings. The molecule has 0 amide bonds. The number of rotatable bonds is 7. The second kappa shape index (κ2) is 9.60. The summed E-state index contributed by atoms with van der Waals surface area (Å²) in [5.41, 5.74) is 4.15. The van der Waals surface area contributed by atoms with Crippen molar-refractivity contribution in [1.29, 1.82) is 0 Å². The summed E-state index contributed by atoms with van der Waals surface area (Å²) in [7, 11) is 0. The van der Waals surface area contributed by atoms with E-state index < -0.39 is 0 Å². The van der Waals surface area contributed by atoms with Crippen LogP contribution in [0.5, 0.6) is 11.5 Å². The molecule has 3 heterocycles. The maximum absolute atomic E-state index is 6.28. The van der Waals surface area contributed by atoms with Crippen molar-refractivity contribution in [2.45, 2.75) is 26.4 Å². The molecule has 2 N–H and O–H groups in total. The maximum Gasteiger partial charge on any atom is 0.143 e. The van der Waals surface area contributed by atoms with Gasteiger partial charge < -0.3 is 19.8 Å². The van der Waals surface area contributed by atoms with E-state index >= 15 is 0 Å². The highest BCUT2D eigenvalue weighted by atomic mass is 16.5. The third kappa shape index (κ3) is 4.84. The first-order valence-electron chi connectivity index (χ1n) is 11.4. The fourth-order valence-electron chi connectivity index (χ4n) is 4.14. The fourth-order valence-corrected chi connectivity index (χ4v) is 4.14. The van der Waals surface area contributed by atoms with Crippen LogP contribution in [0.3, 0.4) is 0 Å². The molecule has 7 heteroatoms. The Kier molecular flexibility index (Phi) is 6.24. The highest BCUT2D eigenvalue weighted by molar-refractivity contribution is 6.00. The van der Waals surface area contributed by atoms with Gasteiger partial charge in [0.05, 0.1) is 18.6 Å². The number of morpholine rings is 1. The quantitative estimate of drug-likeness (QED) is 0.415. The van der Waals surface area contributed by atoms with Gasteiger partial charge >= 0.3 is 0 Å². The second-order valence-corrected chi connectivity index (χ2v) is 8.57. The minimum absolute atomic E-state index is 0.277. The van der Waals surface area contributed by atoms with E-state index in [0.717, 1.165) is 72.3 Å². The van der Waals surface area contributed by atoms with Gasteiger partial charge in [0.15, 0.2) is 0 Å². The van der Waals surface area contributed by atoms with Crippen molar-refractivity contribution in [2.24, 2.45) is 0 Å². The average molecular weight is 444 g/mol. The van der Waals surface area contributed by atoms with Crippen molar-refractivity contribution in [2.75, 3.05) is 31.6 Å². The van der Waals surface area contributed by atoms with Crippen LogP contribution in [-0.2, 0) is 11.3 Å². The van der Waals surface area contributed by atoms with Gasteiger partial charge in [-0.1, -0.05) is 30.3 Å². The first kappa shape index (κ1) is 21.4. The van der Waals surface area contributed by atoms with E-state index in [2.05, 4.69) is 63.3 Å². The van der Waals surface area contributed by atoms with Crippen LogP contribution in [-0.4, -0.2) is 52.2 Å². The Hall–Kier alpha value is -3.42. The number of anilines is 1. The van der Waals surface area contributed by atoms with Gasteiger partial charge in [-0.2, -0.15) is 0 Å². The van der Waals surface area contributed by atoms with Crippen molar-refractivity contribution in [3.8, 4) is 22.6 Å². The highest BCUT2D eigenvalue weighted by Crippen LogP contribution is 2.34. The van der Waals surface area contributed by atoms with Crippen LogP contribution >= 0.6 is 0 Å². The Morgan fingerprint density at radius 3 is 2.64 bits per heavy atom. The van der Waals surface area contributed by atoms with Crippen molar-refractivity contribution >= 4 is 16.9 Å². The van der Waals surface area contributed by atoms with Crippen LogP contribution < -0.4 is 10.1 Å². The number of benzene rings is 2. The summed E-state index contributed by atoms with van der Waals surface area (Å²) < 4.78 is 11.8. The van der Waals surface area contributed by atoms with E-state index in [4.69, 9.17) is 9.47 Å². The zero-order chi connectivity index (χ0) is 22.6. The van der Waals surface area contributed by atoms with Crippen molar-refractivity contribution in [1.82, 2.24) is 19.9 Å². The first-order chi connectivity index (χ1) is 16.2. The third-order valence-corrected chi connectivity index (χ3v) is 5.76. The smallest absolute Gasteiger partial charge is 0.143 e. The van der Waals surface area contributed by atoms with Gasteiger partial charge in [0.2, 0.25) is 0 Å². The van der Waals surface area contributed by atoms with E-state index in [0.29, 0.717) is 0 Å². The Balaban J connectivity index is 1.37. The SMILES string of the molecule is CC(C)Nc1ncnc2[nH]cc(-c3ccc(Oc4ccccc4CN4CCOCC4)cc3)c12. The standard InChI is InChI=1S/C26H29N5O2/c1-18(2)30-26-24-22(15-27-25(24)28-17-29-26)19-7-9-21(10-8-19)33-23-6-4-3-5-20(23)16-31-11-13-32-14-12-31/h3-10,15,17-18H,11-14,16H2,1-2H3,(H2,27,28,29,30). The zero-order valence-corrected chi connectivity index (χ0v) is 19.0. The summed E-state index contributed by atoms with van der Waals surface area (Å²) in [6.45, 7) is 8.54. The molecule has 2 aromatic heterocycles. The Bertz CT molecular complexity index is 1210. The van der Waals surface area contributed by atoms with Crippen LogP contribution in [0.25, 0.3) is 22.2 Å². The number of aromatic nitrogens is 3. The molecule has 4 aromatic rings. The number of nitrogens with one attached hydrogen (secondary N) is 2. The van der Waals surface area contributed by atoms with Crippen molar-refractivity contribution in [3.63, 3.8) is 0 Å². The largest absolute Gasteiger partial charge is 0.457 e. The molecule has 0 bridgehead atoms. The molecule has 0 radical (unpaired) electrons. The van der Waals surface area contributed by atoms with Crippen LogP contribution in [0, 0.1) is 0 Å². The molecule has 1 saturated heterocycles. The minimum Gasteiger partial charge on any atom is -0.457 e. The zero-order valence-electron chi connectivity index (χ0n) is 19.0. The molecule has 7 nitrogen and oxygen atoms in total. The molecule has 0 saturated carbocycles. The number of hydrogen-bond donors (Lipinski definition) is 2. The lowest BCUT2D eigenvalue weighted by atomic mass is 10.1. The van der Waals surface area contributed by atoms with Crippen LogP contribution in [0.2, 0.25) is 0 Å². The van der Waals surface area contributed by atoms with Crippen LogP contribution in [0.15, 0.2) is 61.1 Å². The number of hydrogen-bond acceptors (Lipinski definition) is 6. The molecule has 5 rings (SSSR count). The van der Waals surface area contributed by atoms with Gasteiger partial charge in [0, 0.05) is 43.0 Å². The van der Waals surface area contributed by atoms with Gasteiger partial charge in [0.25, 0.3) is 0 Å². The molecular weight excluding hydrogens is 414 g/mol. The van der Waals surface area contributed by atoms with Gasteiger partial charge in [-0.05, 0) is 37.6 Å². The highest BCUT2D eigenvalue weighted by Gasteiger charge is 2.15. The van der Waals surface area contributed by atoms with Gasteiger partial charge in [-0.3, -0.25) is 4.90 Å². The molecular formula is C26H29N5O2. The number of para-hydroxylation sites is 1. The second-order valence-electron chi connectivity index (χ2n) is 8.57. The predicted molar refractivity (Wildman–Crippen MR) is 131 cm³/mol. The summed E-state index contributed by atoms with van der Waals surface area (Å²) in [5.74, 6) is 2.54. The summed E-state index contributed by atoms with van der Waals surface area (Å²) in [6, 6.07) is 16.7. The minimum atomic E-state index is 0.277. The molecule has 0 spiro atoms. The monoisotopic (exact) mass is 443 g/mol. The third-order valence-electron chi connectivity index (χ3n) is 5.76. The lowest BCUT2D eigenvalue weighted by molar-refractivity contribution is 0.0339. The van der Waals surface area contributed by atoms with E-state index in [1.165, 1.54) is 5.56 Å². The number of nitrogens with zero attached hydrogens (tertiary/aromatic N) is 3. The number of fused-ring (bicyclic) bond motifs is 1. The topological polar surface area (TPSA) is 75.3 Å². The van der Waals surface area contributed by atoms with Crippen molar-refractivity contribution in [3.05, 3.63) is 66.6 Å². The maximum atomic E-state index is 6.28. The lowest BCUT2D eigenvalue weighted by Gasteiger charge is -2.27. The molecule has 0 aliphatic carbocycles. The fraction of sp³-hybridized carbons (Fsp3) is 0.308. The molecule has 1 aliphatic heterocycles. The Morgan fingerprint density at radius 1 is 1.06 bits per heavy atom. The van der Waals surface area contributed by atoms with Crippen LogP contribution in [0.1, 0.15) is 19.4 Å². The lowest BCUT2D eigenvalue weighted by Crippen LogP contribution is -2.35. The first-order valence-corrected chi connectivity index (χ1v) is 11.4. The average Bonchev–Trinajstić information content (AvgIpc) is 3.27. The summed E-state index contributed by atoms with van der Waals surface area (Å²) in [4.78, 5) is 14.5. The summed E-state index contributed by atoms with van der Waals surface area (Å²) in [6.07, 6.45) is 3.57. The summed E-state index contributed by atoms with van der Waals surface area (Å²) >= 11 is 0. The Labute approximate surface area is 193 Å². The van der Waals surface area contributed by atoms with Gasteiger partial charge in [-0.15, -0.1) is 0 Å². The molecule has 170 valence electrons. The molecule has 2 aromatic carbocycles. The van der Waals surface area contributed by atoms with Crippen LogP contribution in [0.4, 0.5) is 5.82 Å². The molecule has 1 aliphatic rings. The van der Waals surface area contributed by atoms with Gasteiger partial charge in [0.1, 0.15) is 29.3 Å².